The highest BCUT2D eigenvalue weighted by Crippen LogP contribution is 2.58. The van der Waals surface area contributed by atoms with Crippen molar-refractivity contribution in [1.82, 2.24) is 0 Å². The van der Waals surface area contributed by atoms with Gasteiger partial charge in [0.25, 0.3) is 0 Å². The van der Waals surface area contributed by atoms with E-state index in [2.05, 4.69) is 0 Å². The minimum Gasteiger partial charge on any atom is -0.508 e. The van der Waals surface area contributed by atoms with Gasteiger partial charge in [-0.1, -0.05) is 18.2 Å². The Kier molecular flexibility index (Phi) is 4.46. The maximum Gasteiger partial charge on any atom is 0.307 e. The molecule has 0 radical (unpaired) electrons. The number of carboxylic acid groups (broad SMARTS) is 2. The Labute approximate surface area is 149 Å². The number of carboxylic acids is 2. The summed E-state index contributed by atoms with van der Waals surface area (Å²) < 4.78 is 5.05. The molecule has 0 spiro atoms. The van der Waals surface area contributed by atoms with Gasteiger partial charge in [0.2, 0.25) is 0 Å². The van der Waals surface area contributed by atoms with E-state index in [9.17, 15) is 30.0 Å². The monoisotopic (exact) mass is 358 g/mol. The number of methoxy groups -OCH3 is 1. The van der Waals surface area contributed by atoms with Gasteiger partial charge < -0.3 is 25.2 Å². The minimum atomic E-state index is -1.10. The Morgan fingerprint density at radius 2 is 1.35 bits per heavy atom. The molecule has 0 heterocycles. The van der Waals surface area contributed by atoms with Gasteiger partial charge in [0, 0.05) is 11.8 Å². The van der Waals surface area contributed by atoms with Gasteiger partial charge in [0.1, 0.15) is 5.75 Å². The largest absolute Gasteiger partial charge is 0.508 e. The molecule has 0 bridgehead atoms. The first-order valence-electron chi connectivity index (χ1n) is 7.96. The highest BCUT2D eigenvalue weighted by Gasteiger charge is 2.58. The van der Waals surface area contributed by atoms with Crippen LogP contribution in [0.2, 0.25) is 0 Å². The predicted octanol–water partition coefficient (Wildman–Crippen LogP) is 2.39. The molecule has 0 saturated heterocycles. The Morgan fingerprint density at radius 1 is 0.846 bits per heavy atom. The summed E-state index contributed by atoms with van der Waals surface area (Å²) in [4.78, 5) is 23.8. The lowest BCUT2D eigenvalue weighted by atomic mass is 9.52. The quantitative estimate of drug-likeness (QED) is 0.647. The van der Waals surface area contributed by atoms with Crippen molar-refractivity contribution in [3.8, 4) is 17.2 Å². The molecule has 0 aliphatic heterocycles. The van der Waals surface area contributed by atoms with Crippen LogP contribution in [0.5, 0.6) is 17.2 Å². The zero-order valence-corrected chi connectivity index (χ0v) is 13.9. The number of hydrogen-bond donors (Lipinski definition) is 4. The van der Waals surface area contributed by atoms with Gasteiger partial charge in [-0.15, -0.1) is 0 Å². The van der Waals surface area contributed by atoms with Crippen LogP contribution in [0.15, 0.2) is 42.5 Å². The zero-order valence-electron chi connectivity index (χ0n) is 13.9. The summed E-state index contributed by atoms with van der Waals surface area (Å²) in [6.07, 6.45) is 0. The first-order valence-corrected chi connectivity index (χ1v) is 7.96. The first kappa shape index (κ1) is 17.6. The maximum atomic E-state index is 11.9. The van der Waals surface area contributed by atoms with E-state index in [1.165, 1.54) is 37.4 Å². The number of aromatic hydroxyl groups is 2. The number of benzene rings is 2. The number of phenols is 2. The van der Waals surface area contributed by atoms with E-state index in [1.807, 2.05) is 0 Å². The van der Waals surface area contributed by atoms with Crippen molar-refractivity contribution in [3.63, 3.8) is 0 Å². The van der Waals surface area contributed by atoms with Crippen LogP contribution in [-0.2, 0) is 9.59 Å². The summed E-state index contributed by atoms with van der Waals surface area (Å²) in [5.74, 6) is -5.52. The van der Waals surface area contributed by atoms with Crippen LogP contribution in [-0.4, -0.2) is 39.5 Å². The fourth-order valence-electron chi connectivity index (χ4n) is 3.79. The highest BCUT2D eigenvalue weighted by atomic mass is 16.5. The SMILES string of the molecule is COc1cc(C2[C@H](C(=O)O)C(c3ccc(O)cc3)[C@H]2C(=O)O)ccc1O. The van der Waals surface area contributed by atoms with Crippen molar-refractivity contribution in [2.45, 2.75) is 11.8 Å². The van der Waals surface area contributed by atoms with Crippen molar-refractivity contribution in [3.05, 3.63) is 53.6 Å². The van der Waals surface area contributed by atoms with Crippen LogP contribution in [0.3, 0.4) is 0 Å². The number of ether oxygens (including phenoxy) is 1. The molecule has 1 aliphatic carbocycles. The summed E-state index contributed by atoms with van der Waals surface area (Å²) in [6.45, 7) is 0. The van der Waals surface area contributed by atoms with Gasteiger partial charge in [0.05, 0.1) is 18.9 Å². The normalized spacial score (nSPS) is 24.5. The summed E-state index contributed by atoms with van der Waals surface area (Å²) >= 11 is 0. The van der Waals surface area contributed by atoms with Crippen molar-refractivity contribution < 1.29 is 34.8 Å². The summed E-state index contributed by atoms with van der Waals surface area (Å²) in [5, 5.41) is 38.6. The van der Waals surface area contributed by atoms with Crippen molar-refractivity contribution in [2.24, 2.45) is 11.8 Å². The molecule has 2 atom stereocenters. The average molecular weight is 358 g/mol. The van der Waals surface area contributed by atoms with Crippen LogP contribution in [0.25, 0.3) is 0 Å². The molecule has 0 amide bonds. The van der Waals surface area contributed by atoms with Gasteiger partial charge in [-0.25, -0.2) is 0 Å². The van der Waals surface area contributed by atoms with E-state index >= 15 is 0 Å². The highest BCUT2D eigenvalue weighted by molar-refractivity contribution is 5.83. The zero-order chi connectivity index (χ0) is 19.0. The molecular formula is C19H18O7. The number of carbonyl (C=O) groups is 2. The molecule has 3 rings (SSSR count). The smallest absolute Gasteiger partial charge is 0.307 e. The molecule has 7 heteroatoms. The van der Waals surface area contributed by atoms with Crippen molar-refractivity contribution >= 4 is 11.9 Å². The molecule has 0 unspecified atom stereocenters. The third kappa shape index (κ3) is 2.81. The first-order chi connectivity index (χ1) is 12.3. The van der Waals surface area contributed by atoms with Gasteiger partial charge in [0.15, 0.2) is 11.5 Å². The van der Waals surface area contributed by atoms with Gasteiger partial charge in [-0.3, -0.25) is 9.59 Å². The average Bonchev–Trinajstić information content (AvgIpc) is 2.56. The molecule has 4 N–H and O–H groups in total. The van der Waals surface area contributed by atoms with Crippen molar-refractivity contribution in [2.75, 3.05) is 7.11 Å². The van der Waals surface area contributed by atoms with Gasteiger partial charge >= 0.3 is 11.9 Å². The Hall–Kier alpha value is -3.22. The topological polar surface area (TPSA) is 124 Å². The Balaban J connectivity index is 2.05. The van der Waals surface area contributed by atoms with Gasteiger partial charge in [-0.05, 0) is 35.4 Å². The van der Waals surface area contributed by atoms with Crippen LogP contribution in [0.1, 0.15) is 23.0 Å². The Morgan fingerprint density at radius 3 is 1.85 bits per heavy atom. The molecule has 26 heavy (non-hydrogen) atoms. The van der Waals surface area contributed by atoms with E-state index in [4.69, 9.17) is 4.74 Å². The summed E-state index contributed by atoms with van der Waals surface area (Å²) in [7, 11) is 1.36. The van der Waals surface area contributed by atoms with Crippen LogP contribution in [0, 0.1) is 11.8 Å². The van der Waals surface area contributed by atoms with Crippen LogP contribution in [0.4, 0.5) is 0 Å². The fourth-order valence-corrected chi connectivity index (χ4v) is 3.79. The third-order valence-corrected chi connectivity index (χ3v) is 4.98. The summed E-state index contributed by atoms with van der Waals surface area (Å²) in [6, 6.07) is 10.2. The second-order valence-electron chi connectivity index (χ2n) is 6.30. The lowest BCUT2D eigenvalue weighted by Gasteiger charge is -2.48. The van der Waals surface area contributed by atoms with E-state index < -0.39 is 35.6 Å². The standard InChI is InChI=1S/C19H18O7/c1-26-13-8-10(4-7-12(13)21)15-16(18(22)23)14(17(15)19(24)25)9-2-5-11(20)6-3-9/h2-8,14-17,20-21H,1H3,(H,22,23)(H,24,25)/t14?,15?,16-,17-/m1/s1. The van der Waals surface area contributed by atoms with Gasteiger partial charge in [-0.2, -0.15) is 0 Å². The molecule has 2 aromatic carbocycles. The number of hydrogen-bond acceptors (Lipinski definition) is 5. The molecule has 1 saturated carbocycles. The van der Waals surface area contributed by atoms with E-state index in [1.54, 1.807) is 12.1 Å². The summed E-state index contributed by atoms with van der Waals surface area (Å²) in [5.41, 5.74) is 1.03. The molecule has 2 aromatic rings. The lowest BCUT2D eigenvalue weighted by Crippen LogP contribution is -2.50. The van der Waals surface area contributed by atoms with Crippen molar-refractivity contribution in [1.29, 1.82) is 0 Å². The van der Waals surface area contributed by atoms with E-state index in [0.717, 1.165) is 0 Å². The molecular weight excluding hydrogens is 340 g/mol. The Bertz CT molecular complexity index is 821. The molecule has 136 valence electrons. The predicted molar refractivity (Wildman–Crippen MR) is 90.5 cm³/mol. The number of phenolic OH excluding ortho intramolecular Hbond substituents is 2. The minimum absolute atomic E-state index is 0.0200. The molecule has 7 nitrogen and oxygen atoms in total. The van der Waals surface area contributed by atoms with Crippen LogP contribution >= 0.6 is 0 Å². The van der Waals surface area contributed by atoms with Crippen LogP contribution < -0.4 is 4.74 Å². The fraction of sp³-hybridized carbons (Fsp3) is 0.263. The molecule has 1 aliphatic rings. The number of aliphatic carboxylic acids is 2. The molecule has 1 fully saturated rings. The lowest BCUT2D eigenvalue weighted by molar-refractivity contribution is -0.159. The number of rotatable bonds is 5. The van der Waals surface area contributed by atoms with E-state index in [-0.39, 0.29) is 17.2 Å². The van der Waals surface area contributed by atoms with E-state index in [0.29, 0.717) is 11.1 Å². The third-order valence-electron chi connectivity index (χ3n) is 4.98. The second-order valence-corrected chi connectivity index (χ2v) is 6.30. The molecule has 0 aromatic heterocycles. The maximum absolute atomic E-state index is 11.9. The second kappa shape index (κ2) is 6.59.